The van der Waals surface area contributed by atoms with Crippen LogP contribution in [0.2, 0.25) is 0 Å². The summed E-state index contributed by atoms with van der Waals surface area (Å²) in [5, 5.41) is 0. The number of rotatable bonds is 6. The van der Waals surface area contributed by atoms with Gasteiger partial charge in [0.25, 0.3) is 0 Å². The summed E-state index contributed by atoms with van der Waals surface area (Å²) in [5.41, 5.74) is 0.819. The first-order valence-corrected chi connectivity index (χ1v) is 11.2. The van der Waals surface area contributed by atoms with Gasteiger partial charge in [-0.2, -0.15) is 4.31 Å². The maximum Gasteiger partial charge on any atom is 0.243 e. The lowest BCUT2D eigenvalue weighted by molar-refractivity contribution is 0.337. The number of nitrogens with zero attached hydrogens (tertiary/aromatic N) is 5. The summed E-state index contributed by atoms with van der Waals surface area (Å²) in [5.74, 6) is 3.08. The van der Waals surface area contributed by atoms with Gasteiger partial charge in [0, 0.05) is 46.3 Å². The average molecular weight is 420 g/mol. The number of piperazine rings is 1. The smallest absolute Gasteiger partial charge is 0.243 e. The van der Waals surface area contributed by atoms with Crippen LogP contribution in [-0.4, -0.2) is 69.6 Å². The molecule has 9 heteroatoms. The van der Waals surface area contributed by atoms with E-state index in [2.05, 4.69) is 14.9 Å². The second kappa shape index (κ2) is 8.54. The SMILES string of the molecule is CCOc1ccc(S(=O)(=O)N2CCN(c3cc(N(C)C)nc(C)n3)CC2)cc1C. The Labute approximate surface area is 173 Å². The average Bonchev–Trinajstić information content (AvgIpc) is 2.69. The maximum absolute atomic E-state index is 13.1. The summed E-state index contributed by atoms with van der Waals surface area (Å²) in [6.07, 6.45) is 0. The molecule has 0 radical (unpaired) electrons. The predicted molar refractivity (Wildman–Crippen MR) is 114 cm³/mol. The van der Waals surface area contributed by atoms with Crippen LogP contribution in [0.3, 0.4) is 0 Å². The third-order valence-corrected chi connectivity index (χ3v) is 6.81. The summed E-state index contributed by atoms with van der Waals surface area (Å²) >= 11 is 0. The molecule has 0 saturated carbocycles. The van der Waals surface area contributed by atoms with Crippen LogP contribution in [0, 0.1) is 13.8 Å². The quantitative estimate of drug-likeness (QED) is 0.709. The molecule has 158 valence electrons. The number of aryl methyl sites for hydroxylation is 2. The molecule has 0 aliphatic carbocycles. The van der Waals surface area contributed by atoms with Crippen LogP contribution >= 0.6 is 0 Å². The normalized spacial score (nSPS) is 15.4. The van der Waals surface area contributed by atoms with Gasteiger partial charge >= 0.3 is 0 Å². The van der Waals surface area contributed by atoms with Crippen LogP contribution in [0.5, 0.6) is 5.75 Å². The van der Waals surface area contributed by atoms with E-state index in [4.69, 9.17) is 4.74 Å². The number of benzene rings is 1. The van der Waals surface area contributed by atoms with Crippen molar-refractivity contribution in [2.45, 2.75) is 25.7 Å². The number of hydrogen-bond acceptors (Lipinski definition) is 7. The van der Waals surface area contributed by atoms with Crippen LogP contribution in [0.1, 0.15) is 18.3 Å². The monoisotopic (exact) mass is 419 g/mol. The van der Waals surface area contributed by atoms with E-state index in [1.165, 1.54) is 0 Å². The molecule has 1 aliphatic rings. The van der Waals surface area contributed by atoms with Crippen molar-refractivity contribution < 1.29 is 13.2 Å². The van der Waals surface area contributed by atoms with Gasteiger partial charge in [0.2, 0.25) is 10.0 Å². The van der Waals surface area contributed by atoms with Gasteiger partial charge in [-0.3, -0.25) is 0 Å². The van der Waals surface area contributed by atoms with Gasteiger partial charge in [0.05, 0.1) is 11.5 Å². The minimum atomic E-state index is -3.54. The summed E-state index contributed by atoms with van der Waals surface area (Å²) in [6, 6.07) is 6.97. The summed E-state index contributed by atoms with van der Waals surface area (Å²) in [4.78, 5) is 13.3. The Balaban J connectivity index is 1.74. The number of ether oxygens (including phenoxy) is 1. The zero-order valence-electron chi connectivity index (χ0n) is 17.7. The molecule has 29 heavy (non-hydrogen) atoms. The largest absolute Gasteiger partial charge is 0.494 e. The van der Waals surface area contributed by atoms with Crippen molar-refractivity contribution in [1.82, 2.24) is 14.3 Å². The fraction of sp³-hybridized carbons (Fsp3) is 0.500. The van der Waals surface area contributed by atoms with E-state index < -0.39 is 10.0 Å². The highest BCUT2D eigenvalue weighted by molar-refractivity contribution is 7.89. The van der Waals surface area contributed by atoms with Gasteiger partial charge < -0.3 is 14.5 Å². The molecule has 1 aromatic heterocycles. The molecule has 8 nitrogen and oxygen atoms in total. The van der Waals surface area contributed by atoms with Crippen molar-refractivity contribution in [1.29, 1.82) is 0 Å². The molecule has 1 aliphatic heterocycles. The first-order chi connectivity index (χ1) is 13.7. The van der Waals surface area contributed by atoms with E-state index >= 15 is 0 Å². The topological polar surface area (TPSA) is 78.9 Å². The van der Waals surface area contributed by atoms with E-state index in [-0.39, 0.29) is 0 Å². The molecular formula is C20H29N5O3S. The molecular weight excluding hydrogens is 390 g/mol. The summed E-state index contributed by atoms with van der Waals surface area (Å²) < 4.78 is 33.2. The van der Waals surface area contributed by atoms with E-state index in [0.717, 1.165) is 17.2 Å². The third kappa shape index (κ3) is 4.62. The highest BCUT2D eigenvalue weighted by Crippen LogP contribution is 2.26. The van der Waals surface area contributed by atoms with Gasteiger partial charge in [-0.1, -0.05) is 0 Å². The molecule has 0 bridgehead atoms. The van der Waals surface area contributed by atoms with E-state index in [1.807, 2.05) is 45.8 Å². The minimum absolute atomic E-state index is 0.305. The Hall–Kier alpha value is -2.39. The lowest BCUT2D eigenvalue weighted by atomic mass is 10.2. The molecule has 0 atom stereocenters. The second-order valence-electron chi connectivity index (χ2n) is 7.28. The Bertz CT molecular complexity index is 970. The number of anilines is 2. The maximum atomic E-state index is 13.1. The standard InChI is InChI=1S/C20H29N5O3S/c1-6-28-18-8-7-17(13-15(18)2)29(26,27)25-11-9-24(10-12-25)20-14-19(23(4)5)21-16(3)22-20/h7-8,13-14H,6,9-12H2,1-5H3. The van der Waals surface area contributed by atoms with Gasteiger partial charge in [0.1, 0.15) is 23.2 Å². The number of aromatic nitrogens is 2. The van der Waals surface area contributed by atoms with Crippen LogP contribution < -0.4 is 14.5 Å². The Morgan fingerprint density at radius 1 is 1.07 bits per heavy atom. The minimum Gasteiger partial charge on any atom is -0.494 e. The van der Waals surface area contributed by atoms with Crippen molar-refractivity contribution >= 4 is 21.7 Å². The fourth-order valence-electron chi connectivity index (χ4n) is 3.33. The Morgan fingerprint density at radius 3 is 2.34 bits per heavy atom. The molecule has 1 aromatic carbocycles. The lowest BCUT2D eigenvalue weighted by Crippen LogP contribution is -2.49. The van der Waals surface area contributed by atoms with Crippen LogP contribution in [0.25, 0.3) is 0 Å². The van der Waals surface area contributed by atoms with E-state index in [1.54, 1.807) is 22.5 Å². The van der Waals surface area contributed by atoms with Crippen LogP contribution in [-0.2, 0) is 10.0 Å². The molecule has 3 rings (SSSR count). The molecule has 1 fully saturated rings. The van der Waals surface area contributed by atoms with Gasteiger partial charge in [-0.25, -0.2) is 18.4 Å². The van der Waals surface area contributed by atoms with E-state index in [9.17, 15) is 8.42 Å². The van der Waals surface area contributed by atoms with Gasteiger partial charge in [-0.15, -0.1) is 0 Å². The molecule has 2 heterocycles. The molecule has 0 spiro atoms. The Kier molecular flexibility index (Phi) is 6.28. The predicted octanol–water partition coefficient (Wildman–Crippen LogP) is 2.07. The van der Waals surface area contributed by atoms with Crippen molar-refractivity contribution in [2.24, 2.45) is 0 Å². The summed E-state index contributed by atoms with van der Waals surface area (Å²) in [7, 11) is 0.337. The van der Waals surface area contributed by atoms with E-state index in [0.29, 0.717) is 49.3 Å². The van der Waals surface area contributed by atoms with Gasteiger partial charge in [-0.05, 0) is 44.5 Å². The molecule has 1 saturated heterocycles. The van der Waals surface area contributed by atoms with Crippen molar-refractivity contribution in [3.05, 3.63) is 35.7 Å². The van der Waals surface area contributed by atoms with Crippen molar-refractivity contribution in [2.75, 3.05) is 56.7 Å². The molecule has 2 aromatic rings. The highest BCUT2D eigenvalue weighted by Gasteiger charge is 2.29. The molecule has 0 amide bonds. The van der Waals surface area contributed by atoms with Crippen molar-refractivity contribution in [3.63, 3.8) is 0 Å². The zero-order valence-corrected chi connectivity index (χ0v) is 18.5. The van der Waals surface area contributed by atoms with Crippen LogP contribution in [0.4, 0.5) is 11.6 Å². The van der Waals surface area contributed by atoms with Crippen LogP contribution in [0.15, 0.2) is 29.2 Å². The lowest BCUT2D eigenvalue weighted by Gasteiger charge is -2.35. The molecule has 0 N–H and O–H groups in total. The third-order valence-electron chi connectivity index (χ3n) is 4.92. The first-order valence-electron chi connectivity index (χ1n) is 9.74. The first kappa shape index (κ1) is 21.3. The summed E-state index contributed by atoms with van der Waals surface area (Å²) in [6.45, 7) is 8.17. The number of hydrogen-bond donors (Lipinski definition) is 0. The second-order valence-corrected chi connectivity index (χ2v) is 9.22. The zero-order chi connectivity index (χ0) is 21.2. The highest BCUT2D eigenvalue weighted by atomic mass is 32.2. The fourth-order valence-corrected chi connectivity index (χ4v) is 4.84. The number of sulfonamides is 1. The Morgan fingerprint density at radius 2 is 1.76 bits per heavy atom. The van der Waals surface area contributed by atoms with Gasteiger partial charge in [0.15, 0.2) is 0 Å². The molecule has 0 unspecified atom stereocenters. The van der Waals surface area contributed by atoms with Crippen molar-refractivity contribution in [3.8, 4) is 5.75 Å².